The van der Waals surface area contributed by atoms with Crippen LogP contribution in [0.4, 0.5) is 4.39 Å². The number of carbonyl (C=O) groups excluding carboxylic acids is 3. The summed E-state index contributed by atoms with van der Waals surface area (Å²) in [6.07, 6.45) is 2.94. The summed E-state index contributed by atoms with van der Waals surface area (Å²) in [5.74, 6) is -1.31. The van der Waals surface area contributed by atoms with E-state index in [1.54, 1.807) is 30.5 Å². The highest BCUT2D eigenvalue weighted by Gasteiger charge is 2.39. The number of carbonyl (C=O) groups is 3. The summed E-state index contributed by atoms with van der Waals surface area (Å²) in [5, 5.41) is 12.6. The largest absolute Gasteiger partial charge is 0.390 e. The van der Waals surface area contributed by atoms with Gasteiger partial charge >= 0.3 is 0 Å². The van der Waals surface area contributed by atoms with Gasteiger partial charge in [0.15, 0.2) is 5.82 Å². The van der Waals surface area contributed by atoms with Gasteiger partial charge in [-0.25, -0.2) is 4.39 Å². The zero-order chi connectivity index (χ0) is 24.9. The number of pyridine rings is 1. The Kier molecular flexibility index (Phi) is 5.93. The van der Waals surface area contributed by atoms with E-state index in [0.717, 1.165) is 13.0 Å². The molecule has 2 unspecified atom stereocenters. The first-order chi connectivity index (χ1) is 16.6. The Morgan fingerprint density at radius 1 is 1.20 bits per heavy atom. The second-order valence-corrected chi connectivity index (χ2v) is 10.3. The molecule has 0 aliphatic carbocycles. The van der Waals surface area contributed by atoms with Gasteiger partial charge in [-0.1, -0.05) is 6.07 Å². The van der Waals surface area contributed by atoms with Crippen molar-refractivity contribution in [2.24, 2.45) is 5.92 Å². The van der Waals surface area contributed by atoms with Crippen LogP contribution in [0.1, 0.15) is 54.6 Å². The topological polar surface area (TPSA) is 103 Å². The van der Waals surface area contributed by atoms with E-state index in [9.17, 15) is 19.5 Å². The summed E-state index contributed by atoms with van der Waals surface area (Å²) in [6.45, 7) is 5.78. The van der Waals surface area contributed by atoms with Crippen molar-refractivity contribution >= 4 is 17.7 Å². The fourth-order valence-electron chi connectivity index (χ4n) is 5.32. The summed E-state index contributed by atoms with van der Waals surface area (Å²) >= 11 is 0. The first-order valence-electron chi connectivity index (χ1n) is 12.0. The molecule has 184 valence electrons. The van der Waals surface area contributed by atoms with E-state index < -0.39 is 23.4 Å². The average molecular weight is 481 g/mol. The summed E-state index contributed by atoms with van der Waals surface area (Å²) in [7, 11) is 0. The lowest BCUT2D eigenvalue weighted by Crippen LogP contribution is -2.52. The van der Waals surface area contributed by atoms with Crippen LogP contribution in [0.2, 0.25) is 0 Å². The van der Waals surface area contributed by atoms with Crippen LogP contribution in [0.15, 0.2) is 30.5 Å². The number of imide groups is 1. The van der Waals surface area contributed by atoms with Crippen molar-refractivity contribution < 1.29 is 23.9 Å². The van der Waals surface area contributed by atoms with Crippen molar-refractivity contribution in [2.45, 2.75) is 57.8 Å². The van der Waals surface area contributed by atoms with E-state index in [2.05, 4.69) is 15.2 Å². The normalized spacial score (nSPS) is 23.1. The molecule has 2 saturated heterocycles. The zero-order valence-corrected chi connectivity index (χ0v) is 19.9. The molecule has 1 aromatic heterocycles. The van der Waals surface area contributed by atoms with Gasteiger partial charge in [0.05, 0.1) is 5.60 Å². The predicted octanol–water partition coefficient (Wildman–Crippen LogP) is 2.24. The molecule has 0 radical (unpaired) electrons. The van der Waals surface area contributed by atoms with E-state index in [-0.39, 0.29) is 36.4 Å². The number of nitrogens with one attached hydrogen (secondary N) is 1. The van der Waals surface area contributed by atoms with Gasteiger partial charge in [0, 0.05) is 54.9 Å². The van der Waals surface area contributed by atoms with Crippen molar-refractivity contribution in [2.75, 3.05) is 13.1 Å². The number of hydrogen-bond donors (Lipinski definition) is 2. The Hall–Kier alpha value is -3.17. The predicted molar refractivity (Wildman–Crippen MR) is 125 cm³/mol. The number of halogens is 1. The number of amides is 3. The maximum Gasteiger partial charge on any atom is 0.255 e. The second kappa shape index (κ2) is 8.80. The van der Waals surface area contributed by atoms with Crippen LogP contribution in [0.3, 0.4) is 0 Å². The van der Waals surface area contributed by atoms with E-state index in [0.29, 0.717) is 41.8 Å². The lowest BCUT2D eigenvalue weighted by Gasteiger charge is -2.29. The molecule has 1 aromatic carbocycles. The number of aliphatic hydroxyl groups is 1. The Morgan fingerprint density at radius 3 is 2.71 bits per heavy atom. The third-order valence-electron chi connectivity index (χ3n) is 7.43. The highest BCUT2D eigenvalue weighted by molar-refractivity contribution is 6.05. The van der Waals surface area contributed by atoms with Gasteiger partial charge in [-0.3, -0.25) is 29.6 Å². The van der Waals surface area contributed by atoms with Crippen LogP contribution in [-0.2, 0) is 22.7 Å². The minimum Gasteiger partial charge on any atom is -0.390 e. The lowest BCUT2D eigenvalue weighted by atomic mass is 9.90. The van der Waals surface area contributed by atoms with Crippen LogP contribution in [0.25, 0.3) is 11.3 Å². The molecule has 0 saturated carbocycles. The van der Waals surface area contributed by atoms with Gasteiger partial charge in [0.2, 0.25) is 11.8 Å². The Balaban J connectivity index is 1.35. The average Bonchev–Trinajstić information content (AvgIpc) is 3.40. The fraction of sp³-hybridized carbons (Fsp3) is 0.462. The van der Waals surface area contributed by atoms with Crippen molar-refractivity contribution in [3.8, 4) is 11.3 Å². The van der Waals surface area contributed by atoms with Crippen LogP contribution in [-0.4, -0.2) is 62.3 Å². The Bertz CT molecular complexity index is 1210. The number of aromatic nitrogens is 1. The Morgan fingerprint density at radius 2 is 2.00 bits per heavy atom. The third-order valence-corrected chi connectivity index (χ3v) is 7.43. The van der Waals surface area contributed by atoms with Gasteiger partial charge in [-0.05, 0) is 57.0 Å². The molecule has 0 bridgehead atoms. The zero-order valence-electron chi connectivity index (χ0n) is 19.9. The Labute approximate surface area is 203 Å². The number of rotatable bonds is 5. The van der Waals surface area contributed by atoms with E-state index in [1.807, 2.05) is 13.8 Å². The van der Waals surface area contributed by atoms with Crippen molar-refractivity contribution in [1.82, 2.24) is 20.1 Å². The molecular formula is C26H29FN4O4. The lowest BCUT2D eigenvalue weighted by molar-refractivity contribution is -0.136. The summed E-state index contributed by atoms with van der Waals surface area (Å²) < 4.78 is 15.5. The number of hydrogen-bond acceptors (Lipinski definition) is 6. The molecule has 8 nitrogen and oxygen atoms in total. The number of piperidine rings is 1. The van der Waals surface area contributed by atoms with Gasteiger partial charge in [-0.15, -0.1) is 0 Å². The summed E-state index contributed by atoms with van der Waals surface area (Å²) in [4.78, 5) is 44.6. The number of benzene rings is 1. The molecule has 3 aliphatic rings. The number of likely N-dealkylation sites (tertiary alicyclic amines) is 1. The molecule has 4 heterocycles. The fourth-order valence-corrected chi connectivity index (χ4v) is 5.32. The van der Waals surface area contributed by atoms with Crippen LogP contribution in [0.5, 0.6) is 0 Å². The van der Waals surface area contributed by atoms with Gasteiger partial charge < -0.3 is 10.0 Å². The van der Waals surface area contributed by atoms with Crippen molar-refractivity contribution in [1.29, 1.82) is 0 Å². The first-order valence-corrected chi connectivity index (χ1v) is 12.0. The molecule has 3 aliphatic heterocycles. The molecule has 9 heteroatoms. The highest BCUT2D eigenvalue weighted by atomic mass is 19.1. The third kappa shape index (κ3) is 4.46. The molecule has 2 fully saturated rings. The quantitative estimate of drug-likeness (QED) is 0.637. The van der Waals surface area contributed by atoms with E-state index in [1.165, 1.54) is 4.90 Å². The van der Waals surface area contributed by atoms with Gasteiger partial charge in [0.1, 0.15) is 11.7 Å². The minimum atomic E-state index is -0.764. The van der Waals surface area contributed by atoms with Crippen molar-refractivity contribution in [3.63, 3.8) is 0 Å². The van der Waals surface area contributed by atoms with Crippen LogP contribution < -0.4 is 5.32 Å². The van der Waals surface area contributed by atoms with Crippen LogP contribution in [0, 0.1) is 11.7 Å². The molecule has 0 spiro atoms. The highest BCUT2D eigenvalue weighted by Crippen LogP contribution is 2.33. The molecular weight excluding hydrogens is 451 g/mol. The molecule has 5 rings (SSSR count). The van der Waals surface area contributed by atoms with Gasteiger partial charge in [0.25, 0.3) is 5.91 Å². The molecule has 2 N–H and O–H groups in total. The molecule has 3 amide bonds. The minimum absolute atomic E-state index is 0.147. The molecule has 2 atom stereocenters. The SMILES string of the molecule is CC(C)(O)C1CCN(Cc2ccnc(-c3ccc4c(c3)CN(C3CCC(=O)NC3=O)C4=O)c2F)C1. The van der Waals surface area contributed by atoms with E-state index >= 15 is 4.39 Å². The summed E-state index contributed by atoms with van der Waals surface area (Å²) in [6, 6.07) is 6.08. The van der Waals surface area contributed by atoms with Gasteiger partial charge in [-0.2, -0.15) is 0 Å². The molecule has 2 aromatic rings. The maximum absolute atomic E-state index is 15.5. The van der Waals surface area contributed by atoms with Crippen LogP contribution >= 0.6 is 0 Å². The van der Waals surface area contributed by atoms with Crippen molar-refractivity contribution in [3.05, 3.63) is 53.0 Å². The van der Waals surface area contributed by atoms with E-state index in [4.69, 9.17) is 0 Å². The first kappa shape index (κ1) is 23.6. The summed E-state index contributed by atoms with van der Waals surface area (Å²) in [5.41, 5.74) is 1.74. The molecule has 35 heavy (non-hydrogen) atoms. The smallest absolute Gasteiger partial charge is 0.255 e. The second-order valence-electron chi connectivity index (χ2n) is 10.3. The monoisotopic (exact) mass is 480 g/mol. The maximum atomic E-state index is 15.5. The standard InChI is InChI=1S/C26H29FN4O4/c1-26(2,35)18-8-10-30(14-18)12-16-7-9-28-23(22(16)27)15-3-4-19-17(11-15)13-31(25(19)34)20-5-6-21(32)29-24(20)33/h3-4,7,9,11,18,20,35H,5-6,8,10,12-14H2,1-2H3,(H,29,32,33). The number of fused-ring (bicyclic) bond motifs is 1. The number of nitrogens with zero attached hydrogens (tertiary/aromatic N) is 3.